The van der Waals surface area contributed by atoms with E-state index in [-0.39, 0.29) is 16.9 Å². The summed E-state index contributed by atoms with van der Waals surface area (Å²) in [5, 5.41) is 2.70. The second-order valence-electron chi connectivity index (χ2n) is 4.88. The number of nitrogens with two attached hydrogens (primary N) is 1. The van der Waals surface area contributed by atoms with E-state index in [1.807, 2.05) is 11.8 Å². The van der Waals surface area contributed by atoms with Crippen LogP contribution in [-0.2, 0) is 4.79 Å². The highest BCUT2D eigenvalue weighted by molar-refractivity contribution is 7.80. The van der Waals surface area contributed by atoms with Gasteiger partial charge in [-0.15, -0.1) is 0 Å². The zero-order valence-electron chi connectivity index (χ0n) is 11.7. The first-order valence-corrected chi connectivity index (χ1v) is 7.07. The highest BCUT2D eigenvalue weighted by Crippen LogP contribution is 2.22. The van der Waals surface area contributed by atoms with Gasteiger partial charge in [0.1, 0.15) is 16.7 Å². The summed E-state index contributed by atoms with van der Waals surface area (Å²) in [5.74, 6) is 0.521. The van der Waals surface area contributed by atoms with Crippen LogP contribution in [0, 0.1) is 6.92 Å². The molecule has 0 saturated carbocycles. The van der Waals surface area contributed by atoms with Crippen molar-refractivity contribution < 1.29 is 4.79 Å². The van der Waals surface area contributed by atoms with Crippen LogP contribution >= 0.6 is 12.2 Å². The summed E-state index contributed by atoms with van der Waals surface area (Å²) in [6.07, 6.45) is 2.86. The minimum Gasteiger partial charge on any atom is -0.388 e. The van der Waals surface area contributed by atoms with Crippen LogP contribution in [0.4, 0.5) is 5.95 Å². The van der Waals surface area contributed by atoms with Gasteiger partial charge in [-0.25, -0.2) is 9.97 Å². The molecule has 1 saturated heterocycles. The molecule has 7 heteroatoms. The summed E-state index contributed by atoms with van der Waals surface area (Å²) in [6, 6.07) is 1.53. The molecule has 1 aliphatic rings. The Morgan fingerprint density at radius 1 is 1.50 bits per heavy atom. The first-order chi connectivity index (χ1) is 9.52. The number of aryl methyl sites for hydroxylation is 1. The number of anilines is 1. The van der Waals surface area contributed by atoms with Crippen LogP contribution in [0.3, 0.4) is 0 Å². The number of thiocarbonyl (C=S) groups is 1. The normalized spacial score (nSPS) is 18.7. The topological polar surface area (TPSA) is 84.1 Å². The zero-order valence-corrected chi connectivity index (χ0v) is 12.5. The maximum absolute atomic E-state index is 12.0. The molecule has 1 atom stereocenters. The third-order valence-corrected chi connectivity index (χ3v) is 3.61. The van der Waals surface area contributed by atoms with Crippen LogP contribution in [0.25, 0.3) is 0 Å². The van der Waals surface area contributed by atoms with Crippen molar-refractivity contribution in [2.24, 2.45) is 5.73 Å². The number of nitrogens with one attached hydrogen (secondary N) is 1. The first-order valence-electron chi connectivity index (χ1n) is 6.66. The van der Waals surface area contributed by atoms with Crippen LogP contribution < -0.4 is 16.0 Å². The Kier molecular flexibility index (Phi) is 4.49. The number of carbonyl (C=O) groups excluding carboxylic acids is 1. The van der Waals surface area contributed by atoms with Crippen molar-refractivity contribution in [1.29, 1.82) is 0 Å². The third-order valence-electron chi connectivity index (χ3n) is 3.40. The Morgan fingerprint density at radius 3 is 2.90 bits per heavy atom. The van der Waals surface area contributed by atoms with Gasteiger partial charge in [0.15, 0.2) is 0 Å². The van der Waals surface area contributed by atoms with Gasteiger partial charge in [-0.05, 0) is 32.3 Å². The van der Waals surface area contributed by atoms with Gasteiger partial charge in [0.2, 0.25) is 11.9 Å². The van der Waals surface area contributed by atoms with Crippen molar-refractivity contribution in [3.05, 3.63) is 17.5 Å². The molecule has 1 unspecified atom stereocenters. The minimum atomic E-state index is -0.227. The lowest BCUT2D eigenvalue weighted by Gasteiger charge is -2.34. The van der Waals surface area contributed by atoms with Crippen molar-refractivity contribution in [1.82, 2.24) is 15.3 Å². The summed E-state index contributed by atoms with van der Waals surface area (Å²) < 4.78 is 0. The molecule has 1 fully saturated rings. The van der Waals surface area contributed by atoms with E-state index in [9.17, 15) is 4.79 Å². The largest absolute Gasteiger partial charge is 0.388 e. The molecule has 20 heavy (non-hydrogen) atoms. The summed E-state index contributed by atoms with van der Waals surface area (Å²) in [6.45, 7) is 2.63. The van der Waals surface area contributed by atoms with Crippen LogP contribution in [0.5, 0.6) is 0 Å². The number of nitrogens with zero attached hydrogens (tertiary/aromatic N) is 3. The van der Waals surface area contributed by atoms with Crippen LogP contribution in [0.15, 0.2) is 6.07 Å². The van der Waals surface area contributed by atoms with Crippen molar-refractivity contribution in [2.45, 2.75) is 32.2 Å². The van der Waals surface area contributed by atoms with Crippen LogP contribution in [0.1, 0.15) is 30.7 Å². The number of rotatable bonds is 3. The van der Waals surface area contributed by atoms with E-state index in [4.69, 9.17) is 18.0 Å². The fourth-order valence-corrected chi connectivity index (χ4v) is 2.52. The summed E-state index contributed by atoms with van der Waals surface area (Å²) in [7, 11) is 1.65. The molecular weight excluding hydrogens is 274 g/mol. The summed E-state index contributed by atoms with van der Waals surface area (Å²) in [5.41, 5.74) is 6.98. The van der Waals surface area contributed by atoms with Crippen molar-refractivity contribution in [3.8, 4) is 0 Å². The second kappa shape index (κ2) is 6.13. The van der Waals surface area contributed by atoms with Gasteiger partial charge >= 0.3 is 0 Å². The number of carbonyl (C=O) groups is 1. The fraction of sp³-hybridized carbons (Fsp3) is 0.538. The van der Waals surface area contributed by atoms with Crippen molar-refractivity contribution in [3.63, 3.8) is 0 Å². The average Bonchev–Trinajstić information content (AvgIpc) is 2.45. The molecule has 0 radical (unpaired) electrons. The maximum atomic E-state index is 12.0. The van der Waals surface area contributed by atoms with Crippen molar-refractivity contribution >= 4 is 29.1 Å². The molecule has 6 nitrogen and oxygen atoms in total. The smallest absolute Gasteiger partial charge is 0.242 e. The van der Waals surface area contributed by atoms with Gasteiger partial charge in [-0.1, -0.05) is 12.2 Å². The maximum Gasteiger partial charge on any atom is 0.242 e. The number of aromatic nitrogens is 2. The zero-order chi connectivity index (χ0) is 14.7. The molecule has 3 N–H and O–H groups in total. The molecule has 1 aromatic rings. The molecule has 2 rings (SSSR count). The molecule has 2 heterocycles. The number of amides is 1. The first kappa shape index (κ1) is 14.6. The van der Waals surface area contributed by atoms with E-state index in [0.717, 1.165) is 31.5 Å². The van der Waals surface area contributed by atoms with E-state index < -0.39 is 0 Å². The van der Waals surface area contributed by atoms with Gasteiger partial charge < -0.3 is 16.0 Å². The van der Waals surface area contributed by atoms with Gasteiger partial charge in [-0.3, -0.25) is 4.79 Å². The monoisotopic (exact) mass is 293 g/mol. The molecule has 1 amide bonds. The van der Waals surface area contributed by atoms with E-state index in [2.05, 4.69) is 15.3 Å². The van der Waals surface area contributed by atoms with Crippen LogP contribution in [-0.4, -0.2) is 40.5 Å². The second-order valence-corrected chi connectivity index (χ2v) is 5.32. The molecule has 0 bridgehead atoms. The standard InChI is InChI=1S/C13H19N5OS/c1-8-7-9(11(14)20)17-13(16-8)18-6-4-3-5-10(18)12(19)15-2/h7,10H,3-6H2,1-2H3,(H2,14,20)(H,15,19). The summed E-state index contributed by atoms with van der Waals surface area (Å²) in [4.78, 5) is 23.0. The molecule has 1 aliphatic heterocycles. The highest BCUT2D eigenvalue weighted by atomic mass is 32.1. The lowest BCUT2D eigenvalue weighted by molar-refractivity contribution is -0.122. The fourth-order valence-electron chi connectivity index (χ4n) is 2.42. The Morgan fingerprint density at radius 2 is 2.25 bits per heavy atom. The molecule has 108 valence electrons. The quantitative estimate of drug-likeness (QED) is 0.791. The van der Waals surface area contributed by atoms with Crippen molar-refractivity contribution in [2.75, 3.05) is 18.5 Å². The Bertz CT molecular complexity index is 533. The Hall–Kier alpha value is -1.76. The molecule has 0 aliphatic carbocycles. The molecule has 1 aromatic heterocycles. The average molecular weight is 293 g/mol. The number of hydrogen-bond donors (Lipinski definition) is 2. The van der Waals surface area contributed by atoms with Crippen LogP contribution in [0.2, 0.25) is 0 Å². The van der Waals surface area contributed by atoms with Gasteiger partial charge in [0, 0.05) is 19.3 Å². The number of piperidine rings is 1. The Labute approximate surface area is 123 Å². The third kappa shape index (κ3) is 3.04. The van der Waals surface area contributed by atoms with E-state index in [1.165, 1.54) is 0 Å². The summed E-state index contributed by atoms with van der Waals surface area (Å²) >= 11 is 4.98. The molecule has 0 aromatic carbocycles. The highest BCUT2D eigenvalue weighted by Gasteiger charge is 2.30. The molecular formula is C13H19N5OS. The minimum absolute atomic E-state index is 0.00770. The van der Waals surface area contributed by atoms with Gasteiger partial charge in [-0.2, -0.15) is 0 Å². The van der Waals surface area contributed by atoms with Gasteiger partial charge in [0.05, 0.1) is 0 Å². The lowest BCUT2D eigenvalue weighted by Crippen LogP contribution is -2.49. The van der Waals surface area contributed by atoms with E-state index >= 15 is 0 Å². The SMILES string of the molecule is CNC(=O)C1CCCCN1c1nc(C)cc(C(N)=S)n1. The van der Waals surface area contributed by atoms with Gasteiger partial charge in [0.25, 0.3) is 0 Å². The van der Waals surface area contributed by atoms with E-state index in [1.54, 1.807) is 13.1 Å². The predicted octanol–water partition coefficient (Wildman–Crippen LogP) is 0.524. The predicted molar refractivity (Wildman–Crippen MR) is 81.7 cm³/mol. The lowest BCUT2D eigenvalue weighted by atomic mass is 10.0. The number of hydrogen-bond acceptors (Lipinski definition) is 5. The Balaban J connectivity index is 2.37. The van der Waals surface area contributed by atoms with E-state index in [0.29, 0.717) is 11.6 Å². The number of likely N-dealkylation sites (N-methyl/N-ethyl adjacent to an activating group) is 1. The molecule has 0 spiro atoms.